The lowest BCUT2D eigenvalue weighted by Crippen LogP contribution is -2.25. The topological polar surface area (TPSA) is 110 Å². The molecule has 7 nitrogen and oxygen atoms in total. The molecule has 0 atom stereocenters. The summed E-state index contributed by atoms with van der Waals surface area (Å²) in [6.07, 6.45) is 0. The number of benzene rings is 1. The maximum atomic E-state index is 12.2. The smallest absolute Gasteiger partial charge is 0.260 e. The minimum Gasteiger partial charge on any atom is -0.497 e. The van der Waals surface area contributed by atoms with Gasteiger partial charge in [-0.3, -0.25) is 5.10 Å². The van der Waals surface area contributed by atoms with Crippen LogP contribution in [0.5, 0.6) is 5.75 Å². The van der Waals surface area contributed by atoms with Crippen molar-refractivity contribution < 1.29 is 13.2 Å². The monoisotopic (exact) mass is 310 g/mol. The van der Waals surface area contributed by atoms with E-state index in [9.17, 15) is 8.42 Å². The molecule has 0 bridgehead atoms. The Bertz CT molecular complexity index is 708. The van der Waals surface area contributed by atoms with E-state index in [0.717, 1.165) is 11.3 Å². The number of nitrogens with one attached hydrogen (secondary N) is 2. The largest absolute Gasteiger partial charge is 0.497 e. The van der Waals surface area contributed by atoms with Crippen molar-refractivity contribution >= 4 is 10.0 Å². The molecule has 0 aliphatic heterocycles. The molecule has 0 unspecified atom stereocenters. The molecule has 1 aromatic heterocycles. The van der Waals surface area contributed by atoms with Gasteiger partial charge in [0, 0.05) is 24.3 Å². The van der Waals surface area contributed by atoms with Crippen molar-refractivity contribution in [2.45, 2.75) is 25.0 Å². The van der Waals surface area contributed by atoms with Gasteiger partial charge in [-0.15, -0.1) is 0 Å². The number of aryl methyl sites for hydroxylation is 1. The summed E-state index contributed by atoms with van der Waals surface area (Å²) < 4.78 is 32.1. The zero-order chi connectivity index (χ0) is 15.5. The number of aromatic amines is 1. The number of aromatic nitrogens is 2. The fourth-order valence-corrected chi connectivity index (χ4v) is 3.10. The molecular weight excluding hydrogens is 292 g/mol. The number of nitrogens with zero attached hydrogens (tertiary/aromatic N) is 1. The van der Waals surface area contributed by atoms with Crippen LogP contribution < -0.4 is 15.2 Å². The van der Waals surface area contributed by atoms with Crippen molar-refractivity contribution in [3.8, 4) is 5.75 Å². The summed E-state index contributed by atoms with van der Waals surface area (Å²) in [6.45, 7) is 2.01. The first-order chi connectivity index (χ1) is 9.97. The van der Waals surface area contributed by atoms with Gasteiger partial charge in [0.05, 0.1) is 7.11 Å². The highest BCUT2D eigenvalue weighted by Crippen LogP contribution is 2.16. The van der Waals surface area contributed by atoms with Gasteiger partial charge in [0.25, 0.3) is 10.0 Å². The number of H-pyrrole nitrogens is 1. The van der Waals surface area contributed by atoms with Crippen LogP contribution in [0.3, 0.4) is 0 Å². The Morgan fingerprint density at radius 2 is 2.00 bits per heavy atom. The van der Waals surface area contributed by atoms with Crippen molar-refractivity contribution in [2.24, 2.45) is 5.73 Å². The molecule has 0 fully saturated rings. The standard InChI is InChI=1S/C13H18N4O3S/c1-9-12(7-14)13(17-16-9)21(18,19)15-8-10-3-5-11(20-2)6-4-10/h3-6,15H,7-8,14H2,1-2H3,(H,16,17). The van der Waals surface area contributed by atoms with Gasteiger partial charge in [0.15, 0.2) is 5.03 Å². The van der Waals surface area contributed by atoms with Gasteiger partial charge in [-0.05, 0) is 24.6 Å². The second kappa shape index (κ2) is 6.25. The lowest BCUT2D eigenvalue weighted by molar-refractivity contribution is 0.414. The molecule has 0 amide bonds. The van der Waals surface area contributed by atoms with Crippen molar-refractivity contribution in [3.05, 3.63) is 41.1 Å². The third-order valence-electron chi connectivity index (χ3n) is 3.12. The van der Waals surface area contributed by atoms with Crippen molar-refractivity contribution in [1.82, 2.24) is 14.9 Å². The fourth-order valence-electron chi connectivity index (χ4n) is 1.88. The zero-order valence-corrected chi connectivity index (χ0v) is 12.7. The molecule has 0 spiro atoms. The van der Waals surface area contributed by atoms with Gasteiger partial charge in [-0.2, -0.15) is 5.10 Å². The van der Waals surface area contributed by atoms with Gasteiger partial charge in [-0.1, -0.05) is 12.1 Å². The van der Waals surface area contributed by atoms with E-state index in [1.54, 1.807) is 38.3 Å². The predicted molar refractivity (Wildman–Crippen MR) is 78.2 cm³/mol. The van der Waals surface area contributed by atoms with Gasteiger partial charge < -0.3 is 10.5 Å². The number of methoxy groups -OCH3 is 1. The third kappa shape index (κ3) is 3.41. The molecule has 2 rings (SSSR count). The normalized spacial score (nSPS) is 11.6. The maximum absolute atomic E-state index is 12.2. The maximum Gasteiger partial charge on any atom is 0.260 e. The second-order valence-corrected chi connectivity index (χ2v) is 6.19. The summed E-state index contributed by atoms with van der Waals surface area (Å²) in [5.74, 6) is 0.718. The molecule has 1 aromatic carbocycles. The predicted octanol–water partition coefficient (Wildman–Crippen LogP) is 0.664. The van der Waals surface area contributed by atoms with Crippen molar-refractivity contribution in [3.63, 3.8) is 0 Å². The molecule has 0 aliphatic rings. The van der Waals surface area contributed by atoms with E-state index in [4.69, 9.17) is 10.5 Å². The Morgan fingerprint density at radius 1 is 1.33 bits per heavy atom. The van der Waals surface area contributed by atoms with Crippen LogP contribution in [0.1, 0.15) is 16.8 Å². The Kier molecular flexibility index (Phi) is 4.61. The summed E-state index contributed by atoms with van der Waals surface area (Å²) in [4.78, 5) is 0. The molecule has 114 valence electrons. The lowest BCUT2D eigenvalue weighted by Gasteiger charge is -2.07. The van der Waals surface area contributed by atoms with Crippen LogP contribution in [-0.2, 0) is 23.1 Å². The van der Waals surface area contributed by atoms with Crippen LogP contribution in [0.2, 0.25) is 0 Å². The molecule has 2 aromatic rings. The summed E-state index contributed by atoms with van der Waals surface area (Å²) in [7, 11) is -2.12. The second-order valence-electron chi connectivity index (χ2n) is 4.51. The number of nitrogens with two attached hydrogens (primary N) is 1. The summed E-state index contributed by atoms with van der Waals surface area (Å²) in [6, 6.07) is 7.13. The first-order valence-electron chi connectivity index (χ1n) is 6.34. The lowest BCUT2D eigenvalue weighted by atomic mass is 10.2. The Morgan fingerprint density at radius 3 is 2.57 bits per heavy atom. The van der Waals surface area contributed by atoms with Gasteiger partial charge in [0.1, 0.15) is 5.75 Å². The number of sulfonamides is 1. The van der Waals surface area contributed by atoms with Crippen LogP contribution in [0.15, 0.2) is 29.3 Å². The van der Waals surface area contributed by atoms with E-state index in [-0.39, 0.29) is 18.1 Å². The van der Waals surface area contributed by atoms with E-state index in [1.807, 2.05) is 0 Å². The molecular formula is C13H18N4O3S. The van der Waals surface area contributed by atoms with Gasteiger partial charge >= 0.3 is 0 Å². The Labute approximate surface area is 123 Å². The third-order valence-corrected chi connectivity index (χ3v) is 4.49. The molecule has 8 heteroatoms. The average Bonchev–Trinajstić information content (AvgIpc) is 2.87. The summed E-state index contributed by atoms with van der Waals surface area (Å²) >= 11 is 0. The minimum absolute atomic E-state index is 0.0454. The van der Waals surface area contributed by atoms with Crippen LogP contribution in [0.4, 0.5) is 0 Å². The number of hydrogen-bond donors (Lipinski definition) is 3. The first kappa shape index (κ1) is 15.5. The highest BCUT2D eigenvalue weighted by molar-refractivity contribution is 7.89. The molecule has 1 heterocycles. The zero-order valence-electron chi connectivity index (χ0n) is 11.9. The molecule has 0 saturated carbocycles. The molecule has 0 radical (unpaired) electrons. The highest BCUT2D eigenvalue weighted by atomic mass is 32.2. The van der Waals surface area contributed by atoms with Gasteiger partial charge in [0.2, 0.25) is 0 Å². The summed E-state index contributed by atoms with van der Waals surface area (Å²) in [5, 5.41) is 6.42. The van der Waals surface area contributed by atoms with E-state index in [2.05, 4.69) is 14.9 Å². The van der Waals surface area contributed by atoms with Crippen LogP contribution in [0.25, 0.3) is 0 Å². The van der Waals surface area contributed by atoms with E-state index in [1.165, 1.54) is 0 Å². The first-order valence-corrected chi connectivity index (χ1v) is 7.82. The molecule has 4 N–H and O–H groups in total. The van der Waals surface area contributed by atoms with E-state index in [0.29, 0.717) is 11.3 Å². The van der Waals surface area contributed by atoms with Crippen molar-refractivity contribution in [1.29, 1.82) is 0 Å². The van der Waals surface area contributed by atoms with E-state index < -0.39 is 10.0 Å². The van der Waals surface area contributed by atoms with Gasteiger partial charge in [-0.25, -0.2) is 13.1 Å². The minimum atomic E-state index is -3.70. The average molecular weight is 310 g/mol. The van der Waals surface area contributed by atoms with Crippen LogP contribution in [-0.4, -0.2) is 25.7 Å². The number of ether oxygens (including phenoxy) is 1. The van der Waals surface area contributed by atoms with Crippen LogP contribution in [0, 0.1) is 6.92 Å². The Balaban J connectivity index is 2.13. The molecule has 21 heavy (non-hydrogen) atoms. The quantitative estimate of drug-likeness (QED) is 0.726. The summed E-state index contributed by atoms with van der Waals surface area (Å²) in [5.41, 5.74) is 7.54. The number of rotatable bonds is 6. The molecule has 0 saturated heterocycles. The Hall–Kier alpha value is -1.90. The van der Waals surface area contributed by atoms with Crippen molar-refractivity contribution in [2.75, 3.05) is 7.11 Å². The number of hydrogen-bond acceptors (Lipinski definition) is 5. The SMILES string of the molecule is COc1ccc(CNS(=O)(=O)c2n[nH]c(C)c2CN)cc1. The molecule has 0 aliphatic carbocycles. The van der Waals surface area contributed by atoms with E-state index >= 15 is 0 Å². The highest BCUT2D eigenvalue weighted by Gasteiger charge is 2.22. The fraction of sp³-hybridized carbons (Fsp3) is 0.308. The van der Waals surface area contributed by atoms with Crippen LogP contribution >= 0.6 is 0 Å².